The molecule has 0 unspecified atom stereocenters. The van der Waals surface area contributed by atoms with Gasteiger partial charge in [-0.15, -0.1) is 0 Å². The van der Waals surface area contributed by atoms with E-state index in [2.05, 4.69) is 30.8 Å². The second-order valence-electron chi connectivity index (χ2n) is 6.81. The predicted molar refractivity (Wildman–Crippen MR) is 97.3 cm³/mol. The zero-order valence-corrected chi connectivity index (χ0v) is 15.7. The summed E-state index contributed by atoms with van der Waals surface area (Å²) in [5.74, 6) is 0.908. The minimum absolute atomic E-state index is 0.252. The number of hydrogen-bond donors (Lipinski definition) is 0. The summed E-state index contributed by atoms with van der Waals surface area (Å²) in [4.78, 5) is 24.9. The molecular weight excluding hydrogens is 372 g/mol. The number of benzene rings is 1. The van der Waals surface area contributed by atoms with Crippen LogP contribution < -0.4 is 4.90 Å². The first kappa shape index (κ1) is 17.0. The lowest BCUT2D eigenvalue weighted by Gasteiger charge is -2.36. The van der Waals surface area contributed by atoms with Gasteiger partial charge in [0.25, 0.3) is 0 Å². The van der Waals surface area contributed by atoms with Crippen molar-refractivity contribution in [1.29, 1.82) is 0 Å². The summed E-state index contributed by atoms with van der Waals surface area (Å²) < 4.78 is 6.44. The average molecular weight is 393 g/mol. The standard InChI is InChI=1S/C17H21BrN4O2/c1-17(2,3)24-16(23)22-8-6-21(7-9-22)15-13-10-12(18)4-5-14(13)19-11-20-15/h4-5,10-11H,6-9H2,1-3H3. The van der Waals surface area contributed by atoms with E-state index in [0.717, 1.165) is 34.3 Å². The number of amides is 1. The van der Waals surface area contributed by atoms with Gasteiger partial charge in [-0.05, 0) is 39.0 Å². The van der Waals surface area contributed by atoms with Crippen molar-refractivity contribution < 1.29 is 9.53 Å². The van der Waals surface area contributed by atoms with Gasteiger partial charge in [0.1, 0.15) is 17.7 Å². The average Bonchev–Trinajstić information content (AvgIpc) is 2.53. The number of carbonyl (C=O) groups excluding carboxylic acids is 1. The summed E-state index contributed by atoms with van der Waals surface area (Å²) in [7, 11) is 0. The fourth-order valence-corrected chi connectivity index (χ4v) is 3.06. The Hall–Kier alpha value is -1.89. The summed E-state index contributed by atoms with van der Waals surface area (Å²) in [6.07, 6.45) is 1.34. The molecule has 1 aromatic heterocycles. The number of ether oxygens (including phenoxy) is 1. The monoisotopic (exact) mass is 392 g/mol. The van der Waals surface area contributed by atoms with Gasteiger partial charge in [-0.3, -0.25) is 0 Å². The molecule has 0 spiro atoms. The first-order chi connectivity index (χ1) is 11.3. The van der Waals surface area contributed by atoms with Crippen LogP contribution in [0.1, 0.15) is 20.8 Å². The Morgan fingerprint density at radius 3 is 2.54 bits per heavy atom. The van der Waals surface area contributed by atoms with Crippen molar-refractivity contribution in [2.24, 2.45) is 0 Å². The van der Waals surface area contributed by atoms with Crippen LogP contribution in [0.4, 0.5) is 10.6 Å². The van der Waals surface area contributed by atoms with E-state index in [1.165, 1.54) is 0 Å². The van der Waals surface area contributed by atoms with E-state index in [0.29, 0.717) is 13.1 Å². The molecule has 24 heavy (non-hydrogen) atoms. The molecule has 0 aliphatic carbocycles. The van der Waals surface area contributed by atoms with Crippen LogP contribution in [-0.4, -0.2) is 52.7 Å². The van der Waals surface area contributed by atoms with E-state index >= 15 is 0 Å². The van der Waals surface area contributed by atoms with Gasteiger partial charge < -0.3 is 14.5 Å². The van der Waals surface area contributed by atoms with Gasteiger partial charge in [-0.25, -0.2) is 14.8 Å². The van der Waals surface area contributed by atoms with Crippen LogP contribution >= 0.6 is 15.9 Å². The molecule has 0 saturated carbocycles. The Labute approximate surface area is 149 Å². The van der Waals surface area contributed by atoms with Crippen LogP contribution in [0.25, 0.3) is 10.9 Å². The first-order valence-corrected chi connectivity index (χ1v) is 8.76. The Morgan fingerprint density at radius 1 is 1.17 bits per heavy atom. The third-order valence-electron chi connectivity index (χ3n) is 3.81. The predicted octanol–water partition coefficient (Wildman–Crippen LogP) is 3.45. The lowest BCUT2D eigenvalue weighted by molar-refractivity contribution is 0.0240. The molecule has 128 valence electrons. The number of aromatic nitrogens is 2. The van der Waals surface area contributed by atoms with Crippen LogP contribution in [0.15, 0.2) is 29.0 Å². The van der Waals surface area contributed by atoms with Crippen LogP contribution in [0.5, 0.6) is 0 Å². The third-order valence-corrected chi connectivity index (χ3v) is 4.30. The van der Waals surface area contributed by atoms with Crippen LogP contribution in [0.2, 0.25) is 0 Å². The van der Waals surface area contributed by atoms with E-state index in [-0.39, 0.29) is 6.09 Å². The number of fused-ring (bicyclic) bond motifs is 1. The van der Waals surface area contributed by atoms with Crippen molar-refractivity contribution >= 4 is 38.7 Å². The quantitative estimate of drug-likeness (QED) is 0.743. The van der Waals surface area contributed by atoms with Gasteiger partial charge >= 0.3 is 6.09 Å². The van der Waals surface area contributed by atoms with Gasteiger partial charge in [0.15, 0.2) is 0 Å². The second-order valence-corrected chi connectivity index (χ2v) is 7.73. The lowest BCUT2D eigenvalue weighted by atomic mass is 10.2. The molecule has 2 aromatic rings. The molecule has 0 N–H and O–H groups in total. The molecule has 7 heteroatoms. The number of halogens is 1. The topological polar surface area (TPSA) is 58.6 Å². The van der Waals surface area contributed by atoms with Crippen molar-refractivity contribution in [3.8, 4) is 0 Å². The van der Waals surface area contributed by atoms with Crippen molar-refractivity contribution in [3.63, 3.8) is 0 Å². The maximum atomic E-state index is 12.2. The van der Waals surface area contributed by atoms with Gasteiger partial charge in [-0.1, -0.05) is 15.9 Å². The first-order valence-electron chi connectivity index (χ1n) is 7.97. The highest BCUT2D eigenvalue weighted by molar-refractivity contribution is 9.10. The van der Waals surface area contributed by atoms with Crippen LogP contribution in [0, 0.1) is 0 Å². The number of rotatable bonds is 1. The largest absolute Gasteiger partial charge is 0.444 e. The molecule has 3 rings (SSSR count). The zero-order valence-electron chi connectivity index (χ0n) is 14.1. The van der Waals surface area contributed by atoms with Crippen molar-refractivity contribution in [1.82, 2.24) is 14.9 Å². The minimum atomic E-state index is -0.469. The number of piperazine rings is 1. The Bertz CT molecular complexity index is 752. The van der Waals surface area contributed by atoms with Crippen LogP contribution in [-0.2, 0) is 4.74 Å². The zero-order chi connectivity index (χ0) is 17.3. The highest BCUT2D eigenvalue weighted by Crippen LogP contribution is 2.27. The molecule has 0 atom stereocenters. The van der Waals surface area contributed by atoms with E-state index in [1.54, 1.807) is 11.2 Å². The third kappa shape index (κ3) is 3.77. The fraction of sp³-hybridized carbons (Fsp3) is 0.471. The molecular formula is C17H21BrN4O2. The highest BCUT2D eigenvalue weighted by atomic mass is 79.9. The molecule has 6 nitrogen and oxygen atoms in total. The van der Waals surface area contributed by atoms with Crippen molar-refractivity contribution in [2.75, 3.05) is 31.1 Å². The molecule has 1 aliphatic rings. The molecule has 0 bridgehead atoms. The second kappa shape index (κ2) is 6.55. The Kier molecular flexibility index (Phi) is 4.62. The summed E-state index contributed by atoms with van der Waals surface area (Å²) >= 11 is 3.50. The van der Waals surface area contributed by atoms with E-state index < -0.39 is 5.60 Å². The molecule has 1 saturated heterocycles. The van der Waals surface area contributed by atoms with Crippen molar-refractivity contribution in [3.05, 3.63) is 29.0 Å². The maximum Gasteiger partial charge on any atom is 0.410 e. The summed E-state index contributed by atoms with van der Waals surface area (Å²) in [6, 6.07) is 5.98. The van der Waals surface area contributed by atoms with Gasteiger partial charge in [-0.2, -0.15) is 0 Å². The summed E-state index contributed by atoms with van der Waals surface area (Å²) in [5.41, 5.74) is 0.446. The molecule has 1 fully saturated rings. The molecule has 1 amide bonds. The number of hydrogen-bond acceptors (Lipinski definition) is 5. The Balaban J connectivity index is 1.73. The lowest BCUT2D eigenvalue weighted by Crippen LogP contribution is -2.50. The van der Waals surface area contributed by atoms with E-state index in [9.17, 15) is 4.79 Å². The van der Waals surface area contributed by atoms with E-state index in [4.69, 9.17) is 4.74 Å². The van der Waals surface area contributed by atoms with Crippen molar-refractivity contribution in [2.45, 2.75) is 26.4 Å². The number of carbonyl (C=O) groups is 1. The minimum Gasteiger partial charge on any atom is -0.444 e. The normalized spacial score (nSPS) is 15.7. The summed E-state index contributed by atoms with van der Waals surface area (Å²) in [5, 5.41) is 1.01. The fourth-order valence-electron chi connectivity index (χ4n) is 2.69. The highest BCUT2D eigenvalue weighted by Gasteiger charge is 2.26. The smallest absolute Gasteiger partial charge is 0.410 e. The van der Waals surface area contributed by atoms with Gasteiger partial charge in [0.05, 0.1) is 5.52 Å². The summed E-state index contributed by atoms with van der Waals surface area (Å²) in [6.45, 7) is 8.32. The molecule has 0 radical (unpaired) electrons. The van der Waals surface area contributed by atoms with Gasteiger partial charge in [0.2, 0.25) is 0 Å². The molecule has 1 aliphatic heterocycles. The SMILES string of the molecule is CC(C)(C)OC(=O)N1CCN(c2ncnc3ccc(Br)cc23)CC1. The number of anilines is 1. The van der Waals surface area contributed by atoms with Gasteiger partial charge in [0, 0.05) is 36.0 Å². The number of nitrogens with zero attached hydrogens (tertiary/aromatic N) is 4. The Morgan fingerprint density at radius 2 is 1.88 bits per heavy atom. The van der Waals surface area contributed by atoms with E-state index in [1.807, 2.05) is 39.0 Å². The van der Waals surface area contributed by atoms with Crippen LogP contribution in [0.3, 0.4) is 0 Å². The maximum absolute atomic E-state index is 12.2. The molecule has 2 heterocycles. The molecule has 1 aromatic carbocycles.